The summed E-state index contributed by atoms with van der Waals surface area (Å²) in [7, 11) is 0. The fraction of sp³-hybridized carbons (Fsp3) is 0.0625. The summed E-state index contributed by atoms with van der Waals surface area (Å²) in [6.07, 6.45) is 0. The fourth-order valence-corrected chi connectivity index (χ4v) is 13.0. The molecule has 11 aromatic carbocycles. The van der Waals surface area contributed by atoms with Crippen molar-refractivity contribution in [3.63, 3.8) is 0 Å². The second-order valence-corrected chi connectivity index (χ2v) is 19.1. The van der Waals surface area contributed by atoms with E-state index in [4.69, 9.17) is 4.42 Å². The Morgan fingerprint density at radius 1 is 0.333 bits per heavy atom. The van der Waals surface area contributed by atoms with Gasteiger partial charge in [0.2, 0.25) is 0 Å². The van der Waals surface area contributed by atoms with Crippen molar-refractivity contribution in [2.45, 2.75) is 24.7 Å². The SMILES string of the molecule is CC1(C)c2ccccc2-c2cccc(N(c3ccc4c(c3)C3(c5ccccc5-c5ccccc53)c3ccccc3-4)c3ccc4c5ccccc5c5c(ccc6oc7ccccc7c65)c4c3)c21. The van der Waals surface area contributed by atoms with Gasteiger partial charge in [-0.15, -0.1) is 0 Å². The van der Waals surface area contributed by atoms with Crippen molar-refractivity contribution < 1.29 is 4.42 Å². The van der Waals surface area contributed by atoms with E-state index in [0.717, 1.165) is 27.9 Å². The molecule has 0 bridgehead atoms. The van der Waals surface area contributed by atoms with E-state index in [2.05, 4.69) is 231 Å². The zero-order valence-electron chi connectivity index (χ0n) is 36.6. The molecule has 66 heavy (non-hydrogen) atoms. The van der Waals surface area contributed by atoms with E-state index in [9.17, 15) is 0 Å². The van der Waals surface area contributed by atoms with Gasteiger partial charge in [0.05, 0.1) is 11.1 Å². The lowest BCUT2D eigenvalue weighted by molar-refractivity contribution is 0.661. The van der Waals surface area contributed by atoms with Crippen molar-refractivity contribution in [3.8, 4) is 33.4 Å². The Morgan fingerprint density at radius 2 is 0.833 bits per heavy atom. The lowest BCUT2D eigenvalue weighted by Gasteiger charge is -2.34. The van der Waals surface area contributed by atoms with E-state index >= 15 is 0 Å². The molecule has 0 atom stereocenters. The maximum absolute atomic E-state index is 6.52. The van der Waals surface area contributed by atoms with Crippen molar-refractivity contribution in [2.24, 2.45) is 0 Å². The lowest BCUT2D eigenvalue weighted by Crippen LogP contribution is -2.26. The van der Waals surface area contributed by atoms with Crippen LogP contribution in [0.3, 0.4) is 0 Å². The van der Waals surface area contributed by atoms with Crippen LogP contribution in [0.25, 0.3) is 87.6 Å². The van der Waals surface area contributed by atoms with Crippen molar-refractivity contribution in [2.75, 3.05) is 4.90 Å². The van der Waals surface area contributed by atoms with Gasteiger partial charge in [-0.2, -0.15) is 0 Å². The molecule has 0 amide bonds. The molecule has 1 aromatic heterocycles. The second-order valence-electron chi connectivity index (χ2n) is 19.1. The number of furan rings is 1. The van der Waals surface area contributed by atoms with Crippen LogP contribution in [-0.2, 0) is 10.8 Å². The minimum atomic E-state index is -0.466. The molecule has 0 saturated carbocycles. The average molecular weight is 840 g/mol. The highest BCUT2D eigenvalue weighted by Crippen LogP contribution is 2.64. The topological polar surface area (TPSA) is 16.4 Å². The van der Waals surface area contributed by atoms with E-state index in [1.807, 2.05) is 0 Å². The summed E-state index contributed by atoms with van der Waals surface area (Å²) in [4.78, 5) is 2.57. The lowest BCUT2D eigenvalue weighted by atomic mass is 9.70. The van der Waals surface area contributed by atoms with E-state index in [-0.39, 0.29) is 5.41 Å². The van der Waals surface area contributed by atoms with Crippen LogP contribution in [0, 0.1) is 0 Å². The number of anilines is 3. The summed E-state index contributed by atoms with van der Waals surface area (Å²) in [5.41, 5.74) is 20.5. The summed E-state index contributed by atoms with van der Waals surface area (Å²) < 4.78 is 6.52. The standard InChI is InChI=1S/C64H41NO/c1-63(2)52-24-10-5-20-45(52)49-23-15-28-57(62(49)63)65(38-30-32-41-40-16-3-4-21-47(40)60-48(51(41)36-38)34-35-59-61(60)50-22-9-14-29-58(50)66-59)39-31-33-46-44-19-8-13-27-55(44)64(56(46)37-39)53-25-11-6-17-42(53)43-18-7-12-26-54(43)64/h3-37H,1-2H3. The van der Waals surface area contributed by atoms with Crippen LogP contribution in [0.15, 0.2) is 217 Å². The molecular formula is C64H41NO. The molecule has 0 fully saturated rings. The van der Waals surface area contributed by atoms with E-state index in [0.29, 0.717) is 0 Å². The number of benzene rings is 11. The third-order valence-corrected chi connectivity index (χ3v) is 15.6. The van der Waals surface area contributed by atoms with Crippen LogP contribution in [0.1, 0.15) is 47.2 Å². The average Bonchev–Trinajstić information content (AvgIpc) is 4.06. The zero-order chi connectivity index (χ0) is 43.5. The van der Waals surface area contributed by atoms with Crippen molar-refractivity contribution >= 4 is 71.3 Å². The molecule has 3 aliphatic carbocycles. The molecule has 15 rings (SSSR count). The predicted molar refractivity (Wildman–Crippen MR) is 275 cm³/mol. The molecule has 308 valence electrons. The number of hydrogen-bond donors (Lipinski definition) is 0. The first-order valence-electron chi connectivity index (χ1n) is 23.2. The van der Waals surface area contributed by atoms with Crippen LogP contribution in [-0.4, -0.2) is 0 Å². The van der Waals surface area contributed by atoms with Crippen LogP contribution in [0.5, 0.6) is 0 Å². The zero-order valence-corrected chi connectivity index (χ0v) is 36.6. The molecule has 0 N–H and O–H groups in total. The Morgan fingerprint density at radius 3 is 1.55 bits per heavy atom. The molecule has 0 aliphatic heterocycles. The highest BCUT2D eigenvalue weighted by atomic mass is 16.3. The summed E-state index contributed by atoms with van der Waals surface area (Å²) in [6, 6.07) is 79.6. The van der Waals surface area contributed by atoms with Gasteiger partial charge in [-0.25, -0.2) is 0 Å². The Balaban J connectivity index is 1.05. The number of hydrogen-bond acceptors (Lipinski definition) is 2. The Bertz CT molecular complexity index is 4050. The van der Waals surface area contributed by atoms with Crippen LogP contribution >= 0.6 is 0 Å². The molecule has 2 heteroatoms. The van der Waals surface area contributed by atoms with Gasteiger partial charge in [0, 0.05) is 32.9 Å². The molecule has 1 heterocycles. The molecule has 12 aromatic rings. The number of fused-ring (bicyclic) bond motifs is 23. The van der Waals surface area contributed by atoms with Gasteiger partial charge in [-0.05, 0) is 142 Å². The molecular weight excluding hydrogens is 799 g/mol. The van der Waals surface area contributed by atoms with E-state index in [1.165, 1.54) is 110 Å². The van der Waals surface area contributed by atoms with Gasteiger partial charge in [0.25, 0.3) is 0 Å². The van der Waals surface area contributed by atoms with Crippen molar-refractivity contribution in [1.82, 2.24) is 0 Å². The number of nitrogens with zero attached hydrogens (tertiary/aromatic N) is 1. The van der Waals surface area contributed by atoms with Gasteiger partial charge in [-0.3, -0.25) is 0 Å². The Labute approximate surface area is 382 Å². The highest BCUT2D eigenvalue weighted by molar-refractivity contribution is 6.34. The third kappa shape index (κ3) is 4.42. The smallest absolute Gasteiger partial charge is 0.136 e. The minimum absolute atomic E-state index is 0.244. The molecule has 0 saturated heterocycles. The van der Waals surface area contributed by atoms with Crippen LogP contribution < -0.4 is 4.90 Å². The molecule has 3 aliphatic rings. The minimum Gasteiger partial charge on any atom is -0.456 e. The van der Waals surface area contributed by atoms with E-state index < -0.39 is 5.41 Å². The first kappa shape index (κ1) is 36.2. The predicted octanol–water partition coefficient (Wildman–Crippen LogP) is 17.2. The third-order valence-electron chi connectivity index (χ3n) is 15.6. The van der Waals surface area contributed by atoms with E-state index in [1.54, 1.807) is 0 Å². The van der Waals surface area contributed by atoms with Gasteiger partial charge in [0.15, 0.2) is 0 Å². The summed E-state index contributed by atoms with van der Waals surface area (Å²) in [6.45, 7) is 4.81. The first-order chi connectivity index (χ1) is 32.5. The quantitative estimate of drug-likeness (QED) is 0.165. The van der Waals surface area contributed by atoms with Gasteiger partial charge >= 0.3 is 0 Å². The second kappa shape index (κ2) is 12.7. The maximum atomic E-state index is 6.52. The maximum Gasteiger partial charge on any atom is 0.136 e. The fourth-order valence-electron chi connectivity index (χ4n) is 13.0. The van der Waals surface area contributed by atoms with Gasteiger partial charge in [0.1, 0.15) is 11.2 Å². The molecule has 0 unspecified atom stereocenters. The van der Waals surface area contributed by atoms with Crippen LogP contribution in [0.2, 0.25) is 0 Å². The van der Waals surface area contributed by atoms with Crippen molar-refractivity contribution in [3.05, 3.63) is 246 Å². The Hall–Kier alpha value is -8.20. The monoisotopic (exact) mass is 839 g/mol. The normalized spacial score (nSPS) is 14.5. The number of rotatable bonds is 3. The van der Waals surface area contributed by atoms with Gasteiger partial charge in [-0.1, -0.05) is 178 Å². The highest BCUT2D eigenvalue weighted by Gasteiger charge is 2.52. The molecule has 1 spiro atoms. The summed E-state index contributed by atoms with van der Waals surface area (Å²) >= 11 is 0. The van der Waals surface area contributed by atoms with Crippen molar-refractivity contribution in [1.29, 1.82) is 0 Å². The molecule has 2 nitrogen and oxygen atoms in total. The van der Waals surface area contributed by atoms with Crippen LogP contribution in [0.4, 0.5) is 17.1 Å². The number of para-hydroxylation sites is 1. The summed E-state index contributed by atoms with van der Waals surface area (Å²) in [5, 5.41) is 9.70. The first-order valence-corrected chi connectivity index (χ1v) is 23.2. The largest absolute Gasteiger partial charge is 0.456 e. The molecule has 0 radical (unpaired) electrons. The Kier molecular flexibility index (Phi) is 6.98. The summed E-state index contributed by atoms with van der Waals surface area (Å²) in [5.74, 6) is 0. The van der Waals surface area contributed by atoms with Gasteiger partial charge < -0.3 is 9.32 Å².